The summed E-state index contributed by atoms with van der Waals surface area (Å²) in [5.41, 5.74) is 0. The lowest BCUT2D eigenvalue weighted by molar-refractivity contribution is -1.01. The standard InChI is InChI=1S/C18H30N2O5/c1-23-17-3-2-4-18(13-17)25-12-11-24-15-16(22)14-20-7-5-19(6-8-20)9-10-21/h2-4,13,16,21-22H,5-12,14-15H2,1H3/p+2/t16-/m0/s1. The number of nitrogens with one attached hydrogen (secondary N) is 2. The third-order valence-corrected chi connectivity index (χ3v) is 4.50. The van der Waals surface area contributed by atoms with E-state index in [1.807, 2.05) is 24.3 Å². The summed E-state index contributed by atoms with van der Waals surface area (Å²) in [6, 6.07) is 7.45. The average molecular weight is 356 g/mol. The third-order valence-electron chi connectivity index (χ3n) is 4.50. The average Bonchev–Trinajstić information content (AvgIpc) is 2.63. The molecule has 1 fully saturated rings. The molecular weight excluding hydrogens is 324 g/mol. The SMILES string of the molecule is COc1cccc(OCCOC[C@@H](O)C[NH+]2CC[NH+](CCO)CC2)c1. The molecule has 4 N–H and O–H groups in total. The fourth-order valence-electron chi connectivity index (χ4n) is 3.09. The van der Waals surface area contributed by atoms with Crippen LogP contribution in [-0.2, 0) is 4.74 Å². The zero-order valence-electron chi connectivity index (χ0n) is 15.1. The largest absolute Gasteiger partial charge is 0.497 e. The van der Waals surface area contributed by atoms with Gasteiger partial charge in [0.05, 0.1) is 26.9 Å². The van der Waals surface area contributed by atoms with Gasteiger partial charge in [0, 0.05) is 6.07 Å². The second-order valence-corrected chi connectivity index (χ2v) is 6.43. The van der Waals surface area contributed by atoms with Crippen molar-refractivity contribution in [1.29, 1.82) is 0 Å². The van der Waals surface area contributed by atoms with Crippen molar-refractivity contribution in [2.45, 2.75) is 6.10 Å². The minimum Gasteiger partial charge on any atom is -0.497 e. The van der Waals surface area contributed by atoms with Crippen LogP contribution in [0.5, 0.6) is 11.5 Å². The lowest BCUT2D eigenvalue weighted by atomic mass is 10.2. The van der Waals surface area contributed by atoms with Crippen LogP contribution in [0.15, 0.2) is 24.3 Å². The topological polar surface area (TPSA) is 77.0 Å². The molecule has 142 valence electrons. The number of aliphatic hydroxyl groups excluding tert-OH is 2. The number of rotatable bonds is 11. The summed E-state index contributed by atoms with van der Waals surface area (Å²) in [5, 5.41) is 19.1. The van der Waals surface area contributed by atoms with Gasteiger partial charge in [-0.15, -0.1) is 0 Å². The molecule has 0 bridgehead atoms. The molecule has 1 saturated heterocycles. The highest BCUT2D eigenvalue weighted by atomic mass is 16.5. The van der Waals surface area contributed by atoms with Crippen LogP contribution in [0.2, 0.25) is 0 Å². The summed E-state index contributed by atoms with van der Waals surface area (Å²) in [6.45, 7) is 7.17. The van der Waals surface area contributed by atoms with Gasteiger partial charge in [-0.3, -0.25) is 0 Å². The van der Waals surface area contributed by atoms with E-state index in [2.05, 4.69) is 0 Å². The van der Waals surface area contributed by atoms with E-state index in [1.54, 1.807) is 7.11 Å². The summed E-state index contributed by atoms with van der Waals surface area (Å²) >= 11 is 0. The Morgan fingerprint density at radius 3 is 2.52 bits per heavy atom. The molecule has 1 heterocycles. The Morgan fingerprint density at radius 1 is 1.08 bits per heavy atom. The van der Waals surface area contributed by atoms with Crippen LogP contribution >= 0.6 is 0 Å². The predicted octanol–water partition coefficient (Wildman–Crippen LogP) is -2.77. The first-order valence-corrected chi connectivity index (χ1v) is 9.02. The maximum Gasteiger partial charge on any atom is 0.127 e. The number of piperazine rings is 1. The molecule has 1 aromatic rings. The fourth-order valence-corrected chi connectivity index (χ4v) is 3.09. The Hall–Kier alpha value is -1.38. The van der Waals surface area contributed by atoms with E-state index >= 15 is 0 Å². The maximum atomic E-state index is 10.1. The van der Waals surface area contributed by atoms with Gasteiger partial charge in [0.25, 0.3) is 0 Å². The molecule has 0 radical (unpaired) electrons. The quantitative estimate of drug-likeness (QED) is 0.323. The van der Waals surface area contributed by atoms with Crippen molar-refractivity contribution >= 4 is 0 Å². The molecular formula is C18H32N2O5+2. The minimum atomic E-state index is -0.453. The van der Waals surface area contributed by atoms with Gasteiger partial charge in [-0.2, -0.15) is 0 Å². The van der Waals surface area contributed by atoms with E-state index in [1.165, 1.54) is 9.80 Å². The Labute approximate surface area is 149 Å². The van der Waals surface area contributed by atoms with Crippen molar-refractivity contribution in [3.63, 3.8) is 0 Å². The summed E-state index contributed by atoms with van der Waals surface area (Å²) in [4.78, 5) is 2.86. The molecule has 0 amide bonds. The molecule has 7 nitrogen and oxygen atoms in total. The van der Waals surface area contributed by atoms with Crippen molar-refractivity contribution < 1.29 is 34.2 Å². The molecule has 0 saturated carbocycles. The molecule has 0 aliphatic carbocycles. The molecule has 0 spiro atoms. The van der Waals surface area contributed by atoms with Crippen LogP contribution in [-0.4, -0.2) is 89.1 Å². The Morgan fingerprint density at radius 2 is 1.80 bits per heavy atom. The summed E-state index contributed by atoms with van der Waals surface area (Å²) in [7, 11) is 1.62. The maximum absolute atomic E-state index is 10.1. The van der Waals surface area contributed by atoms with Crippen molar-refractivity contribution in [2.24, 2.45) is 0 Å². The molecule has 0 aromatic heterocycles. The van der Waals surface area contributed by atoms with Gasteiger partial charge < -0.3 is 34.2 Å². The number of hydrogen-bond acceptors (Lipinski definition) is 5. The van der Waals surface area contributed by atoms with E-state index in [9.17, 15) is 5.11 Å². The minimum absolute atomic E-state index is 0.249. The van der Waals surface area contributed by atoms with E-state index in [4.69, 9.17) is 19.3 Å². The molecule has 1 atom stereocenters. The first-order chi connectivity index (χ1) is 12.2. The number of aliphatic hydroxyl groups is 2. The van der Waals surface area contributed by atoms with Crippen molar-refractivity contribution in [3.05, 3.63) is 24.3 Å². The van der Waals surface area contributed by atoms with E-state index in [-0.39, 0.29) is 6.61 Å². The first kappa shape index (κ1) is 19.9. The van der Waals surface area contributed by atoms with Gasteiger partial charge in [-0.05, 0) is 12.1 Å². The zero-order chi connectivity index (χ0) is 17.9. The molecule has 1 aromatic carbocycles. The molecule has 0 unspecified atom stereocenters. The van der Waals surface area contributed by atoms with Gasteiger partial charge in [0.15, 0.2) is 0 Å². The summed E-state index contributed by atoms with van der Waals surface area (Å²) < 4.78 is 16.3. The summed E-state index contributed by atoms with van der Waals surface area (Å²) in [6.07, 6.45) is -0.453. The summed E-state index contributed by atoms with van der Waals surface area (Å²) in [5.74, 6) is 1.51. The second-order valence-electron chi connectivity index (χ2n) is 6.43. The Kier molecular flexibility index (Phi) is 8.99. The zero-order valence-corrected chi connectivity index (χ0v) is 15.1. The Bertz CT molecular complexity index is 480. The molecule has 7 heteroatoms. The van der Waals surface area contributed by atoms with Crippen molar-refractivity contribution in [2.75, 3.05) is 72.8 Å². The number of hydrogen-bond donors (Lipinski definition) is 4. The lowest BCUT2D eigenvalue weighted by Gasteiger charge is -2.30. The number of ether oxygens (including phenoxy) is 3. The van der Waals surface area contributed by atoms with E-state index in [0.717, 1.165) is 44.2 Å². The highest BCUT2D eigenvalue weighted by molar-refractivity contribution is 5.32. The highest BCUT2D eigenvalue weighted by Crippen LogP contribution is 2.18. The number of quaternary nitrogens is 2. The predicted molar refractivity (Wildman–Crippen MR) is 93.5 cm³/mol. The normalized spacial score (nSPS) is 21.7. The number of methoxy groups -OCH3 is 1. The van der Waals surface area contributed by atoms with Crippen LogP contribution < -0.4 is 19.3 Å². The highest BCUT2D eigenvalue weighted by Gasteiger charge is 2.24. The number of benzene rings is 1. The van der Waals surface area contributed by atoms with E-state index in [0.29, 0.717) is 26.4 Å². The first-order valence-electron chi connectivity index (χ1n) is 9.02. The van der Waals surface area contributed by atoms with Gasteiger partial charge >= 0.3 is 0 Å². The fraction of sp³-hybridized carbons (Fsp3) is 0.667. The molecule has 2 rings (SSSR count). The Balaban J connectivity index is 1.53. The second kappa shape index (κ2) is 11.3. The molecule has 1 aliphatic rings. The van der Waals surface area contributed by atoms with Crippen LogP contribution in [0.1, 0.15) is 0 Å². The van der Waals surface area contributed by atoms with Crippen LogP contribution in [0.4, 0.5) is 0 Å². The van der Waals surface area contributed by atoms with Gasteiger partial charge in [-0.1, -0.05) is 6.07 Å². The van der Waals surface area contributed by atoms with E-state index < -0.39 is 6.10 Å². The molecule has 1 aliphatic heterocycles. The lowest BCUT2D eigenvalue weighted by Crippen LogP contribution is -3.28. The van der Waals surface area contributed by atoms with Crippen LogP contribution in [0, 0.1) is 0 Å². The monoisotopic (exact) mass is 356 g/mol. The van der Waals surface area contributed by atoms with Gasteiger partial charge in [0.1, 0.15) is 63.5 Å². The van der Waals surface area contributed by atoms with Crippen LogP contribution in [0.25, 0.3) is 0 Å². The molecule has 25 heavy (non-hydrogen) atoms. The van der Waals surface area contributed by atoms with Crippen molar-refractivity contribution in [1.82, 2.24) is 0 Å². The van der Waals surface area contributed by atoms with Crippen molar-refractivity contribution in [3.8, 4) is 11.5 Å². The van der Waals surface area contributed by atoms with Gasteiger partial charge in [0.2, 0.25) is 0 Å². The van der Waals surface area contributed by atoms with Crippen LogP contribution in [0.3, 0.4) is 0 Å². The van der Waals surface area contributed by atoms with Gasteiger partial charge in [-0.25, -0.2) is 0 Å². The smallest absolute Gasteiger partial charge is 0.127 e. The third kappa shape index (κ3) is 7.58.